The lowest BCUT2D eigenvalue weighted by molar-refractivity contribution is 0.752. The Labute approximate surface area is 157 Å². The Balaban J connectivity index is 1.46. The van der Waals surface area contributed by atoms with E-state index in [9.17, 15) is 0 Å². The van der Waals surface area contributed by atoms with E-state index in [-0.39, 0.29) is 0 Å². The van der Waals surface area contributed by atoms with Gasteiger partial charge in [0.2, 0.25) is 0 Å². The summed E-state index contributed by atoms with van der Waals surface area (Å²) >= 11 is 1.71. The fourth-order valence-corrected chi connectivity index (χ4v) is 4.37. The molecule has 0 atom stereocenters. The molecule has 3 aromatic heterocycles. The number of aromatic nitrogens is 3. The summed E-state index contributed by atoms with van der Waals surface area (Å²) in [5.41, 5.74) is 2.03. The number of hydrogen-bond acceptors (Lipinski definition) is 6. The largest absolute Gasteiger partial charge is 0.370 e. The summed E-state index contributed by atoms with van der Waals surface area (Å²) < 4.78 is 1.15. The van der Waals surface area contributed by atoms with Gasteiger partial charge in [0.15, 0.2) is 5.82 Å². The third-order valence-electron chi connectivity index (χ3n) is 5.29. The van der Waals surface area contributed by atoms with Crippen LogP contribution in [0.25, 0.3) is 21.6 Å². The van der Waals surface area contributed by atoms with Gasteiger partial charge in [-0.2, -0.15) is 0 Å². The molecule has 0 amide bonds. The van der Waals surface area contributed by atoms with Gasteiger partial charge >= 0.3 is 0 Å². The van der Waals surface area contributed by atoms with Crippen molar-refractivity contribution >= 4 is 33.2 Å². The third-order valence-corrected chi connectivity index (χ3v) is 6.20. The van der Waals surface area contributed by atoms with Crippen molar-refractivity contribution < 1.29 is 0 Å². The molecule has 0 aromatic carbocycles. The highest BCUT2D eigenvalue weighted by atomic mass is 32.1. The molecular formula is C20H23N5S. The van der Waals surface area contributed by atoms with Gasteiger partial charge in [-0.05, 0) is 55.2 Å². The topological polar surface area (TPSA) is 62.7 Å². The summed E-state index contributed by atoms with van der Waals surface area (Å²) in [6.45, 7) is 1.01. The summed E-state index contributed by atoms with van der Waals surface area (Å²) in [6, 6.07) is 6.68. The molecule has 5 rings (SSSR count). The number of rotatable bonds is 6. The number of nitrogens with zero attached hydrogens (tertiary/aromatic N) is 3. The van der Waals surface area contributed by atoms with Crippen LogP contribution >= 0.6 is 11.3 Å². The van der Waals surface area contributed by atoms with Crippen LogP contribution in [0.3, 0.4) is 0 Å². The highest BCUT2D eigenvalue weighted by molar-refractivity contribution is 7.17. The van der Waals surface area contributed by atoms with Crippen LogP contribution < -0.4 is 10.6 Å². The van der Waals surface area contributed by atoms with Crippen molar-refractivity contribution in [2.24, 2.45) is 5.92 Å². The summed E-state index contributed by atoms with van der Waals surface area (Å²) in [7, 11) is 0. The van der Waals surface area contributed by atoms with Crippen molar-refractivity contribution in [2.45, 2.75) is 44.6 Å². The maximum absolute atomic E-state index is 4.89. The van der Waals surface area contributed by atoms with E-state index in [0.29, 0.717) is 6.04 Å². The maximum atomic E-state index is 4.89. The van der Waals surface area contributed by atoms with E-state index >= 15 is 0 Å². The van der Waals surface area contributed by atoms with Gasteiger partial charge in [-0.15, -0.1) is 11.3 Å². The lowest BCUT2D eigenvalue weighted by Gasteiger charge is -2.14. The molecule has 5 nitrogen and oxygen atoms in total. The van der Waals surface area contributed by atoms with Gasteiger partial charge in [-0.3, -0.25) is 0 Å². The predicted octanol–water partition coefficient (Wildman–Crippen LogP) is 4.93. The molecule has 3 aromatic rings. The average molecular weight is 366 g/mol. The second kappa shape index (κ2) is 6.83. The Hall–Kier alpha value is -2.21. The standard InChI is InChI=1S/C20H23N5S/c1-2-4-15(3-1)23-20-18-16(8-10-26-18)24-19(25-20)14-7-9-21-17(11-14)22-12-13-5-6-13/h7-11,13,15H,1-6,12H2,(H,21,22)(H,23,24,25). The molecule has 0 bridgehead atoms. The molecule has 26 heavy (non-hydrogen) atoms. The van der Waals surface area contributed by atoms with E-state index in [1.165, 1.54) is 38.5 Å². The molecule has 2 saturated carbocycles. The van der Waals surface area contributed by atoms with Gasteiger partial charge in [0.05, 0.1) is 10.2 Å². The summed E-state index contributed by atoms with van der Waals surface area (Å²) in [5, 5.41) is 9.21. The van der Waals surface area contributed by atoms with Gasteiger partial charge in [0.1, 0.15) is 11.6 Å². The van der Waals surface area contributed by atoms with Crippen molar-refractivity contribution in [2.75, 3.05) is 17.2 Å². The molecule has 2 aliphatic carbocycles. The predicted molar refractivity (Wildman–Crippen MR) is 108 cm³/mol. The van der Waals surface area contributed by atoms with Crippen LogP contribution in [0.2, 0.25) is 0 Å². The van der Waals surface area contributed by atoms with E-state index in [0.717, 1.165) is 45.7 Å². The van der Waals surface area contributed by atoms with Crippen molar-refractivity contribution in [1.29, 1.82) is 0 Å². The molecular weight excluding hydrogens is 342 g/mol. The molecule has 0 saturated heterocycles. The molecule has 134 valence electrons. The average Bonchev–Trinajstić information content (AvgIpc) is 3.13. The second-order valence-corrected chi connectivity index (χ2v) is 8.33. The van der Waals surface area contributed by atoms with E-state index in [1.807, 2.05) is 12.3 Å². The first kappa shape index (κ1) is 16.0. The first-order valence-electron chi connectivity index (χ1n) is 9.57. The van der Waals surface area contributed by atoms with Crippen molar-refractivity contribution in [3.8, 4) is 11.4 Å². The zero-order valence-corrected chi connectivity index (χ0v) is 15.6. The van der Waals surface area contributed by atoms with Gasteiger partial charge in [-0.1, -0.05) is 12.8 Å². The SMILES string of the molecule is c1cc(-c2nc(NC3CCCC3)c3sccc3n2)cc(NCC2CC2)n1. The first-order chi connectivity index (χ1) is 12.8. The van der Waals surface area contributed by atoms with Crippen LogP contribution in [-0.4, -0.2) is 27.5 Å². The van der Waals surface area contributed by atoms with E-state index in [4.69, 9.17) is 9.97 Å². The highest BCUT2D eigenvalue weighted by Gasteiger charge is 2.21. The Bertz CT molecular complexity index is 911. The zero-order valence-electron chi connectivity index (χ0n) is 14.7. The molecule has 0 unspecified atom stereocenters. The Kier molecular flexibility index (Phi) is 4.21. The third kappa shape index (κ3) is 3.38. The van der Waals surface area contributed by atoms with Crippen LogP contribution in [-0.2, 0) is 0 Å². The van der Waals surface area contributed by atoms with Crippen LogP contribution in [0, 0.1) is 5.92 Å². The summed E-state index contributed by atoms with van der Waals surface area (Å²) in [5.74, 6) is 3.49. The molecule has 6 heteroatoms. The van der Waals surface area contributed by atoms with Crippen molar-refractivity contribution in [3.05, 3.63) is 29.8 Å². The maximum Gasteiger partial charge on any atom is 0.162 e. The minimum Gasteiger partial charge on any atom is -0.370 e. The fraction of sp³-hybridized carbons (Fsp3) is 0.450. The van der Waals surface area contributed by atoms with E-state index in [1.54, 1.807) is 11.3 Å². The Morgan fingerprint density at radius 1 is 1.08 bits per heavy atom. The fourth-order valence-electron chi connectivity index (χ4n) is 3.59. The molecule has 2 N–H and O–H groups in total. The number of anilines is 2. The second-order valence-electron chi connectivity index (χ2n) is 7.41. The number of nitrogens with one attached hydrogen (secondary N) is 2. The smallest absolute Gasteiger partial charge is 0.162 e. The molecule has 0 radical (unpaired) electrons. The molecule has 2 aliphatic rings. The van der Waals surface area contributed by atoms with Crippen LogP contribution in [0.15, 0.2) is 29.8 Å². The summed E-state index contributed by atoms with van der Waals surface area (Å²) in [6.07, 6.45) is 9.60. The van der Waals surface area contributed by atoms with E-state index in [2.05, 4.69) is 33.1 Å². The van der Waals surface area contributed by atoms with Crippen LogP contribution in [0.1, 0.15) is 38.5 Å². The van der Waals surface area contributed by atoms with Gasteiger partial charge in [0, 0.05) is 24.3 Å². The molecule has 0 spiro atoms. The lowest BCUT2D eigenvalue weighted by atomic mass is 10.2. The lowest BCUT2D eigenvalue weighted by Crippen LogP contribution is -2.16. The molecule has 2 fully saturated rings. The van der Waals surface area contributed by atoms with Gasteiger partial charge in [-0.25, -0.2) is 15.0 Å². The Morgan fingerprint density at radius 3 is 2.81 bits per heavy atom. The quantitative estimate of drug-likeness (QED) is 0.648. The van der Waals surface area contributed by atoms with Crippen LogP contribution in [0.4, 0.5) is 11.6 Å². The highest BCUT2D eigenvalue weighted by Crippen LogP contribution is 2.32. The van der Waals surface area contributed by atoms with Crippen molar-refractivity contribution in [3.63, 3.8) is 0 Å². The van der Waals surface area contributed by atoms with Crippen LogP contribution in [0.5, 0.6) is 0 Å². The first-order valence-corrected chi connectivity index (χ1v) is 10.5. The minimum atomic E-state index is 0.538. The number of hydrogen-bond donors (Lipinski definition) is 2. The molecule has 3 heterocycles. The number of pyridine rings is 1. The van der Waals surface area contributed by atoms with Crippen molar-refractivity contribution in [1.82, 2.24) is 15.0 Å². The van der Waals surface area contributed by atoms with Gasteiger partial charge < -0.3 is 10.6 Å². The number of thiophene rings is 1. The normalized spacial score (nSPS) is 17.7. The zero-order chi connectivity index (χ0) is 17.3. The molecule has 0 aliphatic heterocycles. The summed E-state index contributed by atoms with van der Waals surface area (Å²) in [4.78, 5) is 14.1. The van der Waals surface area contributed by atoms with Gasteiger partial charge in [0.25, 0.3) is 0 Å². The monoisotopic (exact) mass is 365 g/mol. The Morgan fingerprint density at radius 2 is 1.96 bits per heavy atom. The number of fused-ring (bicyclic) bond motifs is 1. The van der Waals surface area contributed by atoms with E-state index < -0.39 is 0 Å². The minimum absolute atomic E-state index is 0.538.